The third kappa shape index (κ3) is 13.5. The van der Waals surface area contributed by atoms with Crippen LogP contribution in [0, 0.1) is 0 Å². The summed E-state index contributed by atoms with van der Waals surface area (Å²) in [5, 5.41) is 0. The van der Waals surface area contributed by atoms with Gasteiger partial charge in [0.15, 0.2) is 0 Å². The van der Waals surface area contributed by atoms with Gasteiger partial charge in [-0.1, -0.05) is 145 Å². The molecule has 8 nitrogen and oxygen atoms in total. The Bertz CT molecular complexity index is 2240. The van der Waals surface area contributed by atoms with Crippen LogP contribution < -0.4 is 18.9 Å². The van der Waals surface area contributed by atoms with Crippen molar-refractivity contribution < 1.29 is 38.0 Å². The number of esters is 2. The minimum atomic E-state index is -0.495. The zero-order chi connectivity index (χ0) is 50.5. The van der Waals surface area contributed by atoms with E-state index < -0.39 is 11.9 Å². The minimum absolute atomic E-state index is 0.262. The number of hydrogen-bond donors (Lipinski definition) is 0. The van der Waals surface area contributed by atoms with Gasteiger partial charge in [0.2, 0.25) is 0 Å². The average Bonchev–Trinajstić information content (AvgIpc) is 3.22. The molecule has 0 radical (unpaired) electrons. The summed E-state index contributed by atoms with van der Waals surface area (Å²) in [5.74, 6) is 1.44. The zero-order valence-corrected chi connectivity index (χ0v) is 44.4. The molecule has 8 bridgehead atoms. The highest BCUT2D eigenvalue weighted by Gasteiger charge is 2.30. The summed E-state index contributed by atoms with van der Waals surface area (Å²) in [6, 6.07) is 17.7. The number of fused-ring (bicyclic) bond motifs is 8. The van der Waals surface area contributed by atoms with Gasteiger partial charge < -0.3 is 28.4 Å². The summed E-state index contributed by atoms with van der Waals surface area (Å²) in [6.07, 6.45) is 1.53. The summed E-state index contributed by atoms with van der Waals surface area (Å²) in [4.78, 5) is 27.7. The first-order chi connectivity index (χ1) is 31.6. The first kappa shape index (κ1) is 53.8. The Hall–Kier alpha value is -5.18. The van der Waals surface area contributed by atoms with Gasteiger partial charge in [0.25, 0.3) is 0 Å². The fourth-order valence-corrected chi connectivity index (χ4v) is 8.31. The molecule has 0 fully saturated rings. The van der Waals surface area contributed by atoms with Crippen molar-refractivity contribution in [1.82, 2.24) is 0 Å². The van der Waals surface area contributed by atoms with E-state index in [-0.39, 0.29) is 21.7 Å². The predicted molar refractivity (Wildman–Crippen MR) is 277 cm³/mol. The molecule has 68 heavy (non-hydrogen) atoms. The van der Waals surface area contributed by atoms with Crippen molar-refractivity contribution in [3.8, 4) is 23.0 Å². The van der Waals surface area contributed by atoms with E-state index >= 15 is 0 Å². The zero-order valence-electron chi connectivity index (χ0n) is 44.4. The highest BCUT2D eigenvalue weighted by molar-refractivity contribution is 5.90. The summed E-state index contributed by atoms with van der Waals surface area (Å²) in [6.45, 7) is 44.3. The van der Waals surface area contributed by atoms with Crippen LogP contribution in [0.3, 0.4) is 0 Å². The number of carbonyl (C=O) groups excluding carboxylic acids is 2. The van der Waals surface area contributed by atoms with E-state index in [0.717, 1.165) is 78.3 Å². The van der Waals surface area contributed by atoms with Crippen molar-refractivity contribution in [2.45, 2.75) is 158 Å². The van der Waals surface area contributed by atoms with Crippen molar-refractivity contribution in [2.24, 2.45) is 0 Å². The van der Waals surface area contributed by atoms with Crippen molar-refractivity contribution in [3.05, 3.63) is 140 Å². The molecule has 0 aliphatic heterocycles. The lowest BCUT2D eigenvalue weighted by molar-refractivity contribution is -0.131. The fraction of sp³-hybridized carbons (Fsp3) is 0.500. The second-order valence-electron chi connectivity index (χ2n) is 22.6. The Balaban J connectivity index is 2.06. The molecule has 0 heterocycles. The van der Waals surface area contributed by atoms with Gasteiger partial charge in [-0.2, -0.15) is 0 Å². The summed E-state index contributed by atoms with van der Waals surface area (Å²) in [5.41, 5.74) is 11.1. The molecule has 1 aliphatic rings. The SMILES string of the molecule is C=C(C)C(=O)Oc1c2cc(C(C)(C)C)cc1Cc1cc(C(C)(C)C)cc(c1OCCOCC)Cc1cc(C(C)(C)C)cc(c1OC(=O)C(=C)C)Cc1cc(C(C)(C)C)cc(c1OCCOCC)C2. The van der Waals surface area contributed by atoms with Crippen LogP contribution in [0.25, 0.3) is 0 Å². The van der Waals surface area contributed by atoms with Crippen LogP contribution in [0.4, 0.5) is 0 Å². The third-order valence-corrected chi connectivity index (χ3v) is 12.4. The molecule has 0 saturated carbocycles. The van der Waals surface area contributed by atoms with Crippen molar-refractivity contribution in [2.75, 3.05) is 39.6 Å². The predicted octanol–water partition coefficient (Wildman–Crippen LogP) is 13.3. The molecule has 0 spiro atoms. The molecule has 8 heteroatoms. The number of hydrogen-bond acceptors (Lipinski definition) is 8. The standard InChI is InChI=1S/C60H80O8/c1-19-63-21-23-65-51-39-25-43-33-49(59(13,14)15)35-45(53(43)67-55(61)37(3)4)27-41-31-48(58(10,11)12)32-42(52(41)66-24-22-64-20-2)28-46-36-50(60(16,17)18)34-44(54(46)68-56(62)38(5)6)26-40(51)30-47(29-39)57(7,8)9/h29-36H,3,5,19-28H2,1-2,4,6-18H3. The smallest absolute Gasteiger partial charge is 0.338 e. The van der Waals surface area contributed by atoms with Gasteiger partial charge in [-0.15, -0.1) is 0 Å². The normalized spacial score (nSPS) is 13.2. The quantitative estimate of drug-likeness (QED) is 0.0471. The monoisotopic (exact) mass is 929 g/mol. The van der Waals surface area contributed by atoms with E-state index in [0.29, 0.717) is 88.0 Å². The summed E-state index contributed by atoms with van der Waals surface area (Å²) in [7, 11) is 0. The first-order valence-corrected chi connectivity index (χ1v) is 24.4. The van der Waals surface area contributed by atoms with E-state index in [1.165, 1.54) is 0 Å². The van der Waals surface area contributed by atoms with E-state index in [4.69, 9.17) is 28.4 Å². The third-order valence-electron chi connectivity index (χ3n) is 12.4. The lowest BCUT2D eigenvalue weighted by atomic mass is 9.79. The number of benzene rings is 4. The van der Waals surface area contributed by atoms with Crippen LogP contribution in [0.2, 0.25) is 0 Å². The number of carbonyl (C=O) groups is 2. The number of ether oxygens (including phenoxy) is 6. The average molecular weight is 929 g/mol. The van der Waals surface area contributed by atoms with Crippen LogP contribution in [-0.2, 0) is 66.4 Å². The molecule has 5 rings (SSSR count). The maximum atomic E-state index is 13.9. The molecule has 368 valence electrons. The Morgan fingerprint density at radius 2 is 0.632 bits per heavy atom. The molecule has 1 aliphatic carbocycles. The van der Waals surface area contributed by atoms with Crippen LogP contribution in [0.5, 0.6) is 23.0 Å². The Labute approximate surface area is 408 Å². The second kappa shape index (κ2) is 21.6. The van der Waals surface area contributed by atoms with Gasteiger partial charge in [-0.05, 0) is 93.9 Å². The lowest BCUT2D eigenvalue weighted by Gasteiger charge is -2.29. The molecule has 4 aromatic carbocycles. The van der Waals surface area contributed by atoms with E-state index in [1.807, 2.05) is 13.8 Å². The maximum Gasteiger partial charge on any atom is 0.338 e. The topological polar surface area (TPSA) is 89.5 Å². The van der Waals surface area contributed by atoms with Crippen molar-refractivity contribution in [1.29, 1.82) is 0 Å². The van der Waals surface area contributed by atoms with Gasteiger partial charge in [0, 0.05) is 72.3 Å². The van der Waals surface area contributed by atoms with Crippen LogP contribution >= 0.6 is 0 Å². The van der Waals surface area contributed by atoms with Gasteiger partial charge in [-0.3, -0.25) is 0 Å². The molecule has 0 N–H and O–H groups in total. The molecule has 0 unspecified atom stereocenters. The van der Waals surface area contributed by atoms with Crippen LogP contribution in [0.15, 0.2) is 72.8 Å². The Kier molecular flexibility index (Phi) is 17.1. The maximum absolute atomic E-state index is 13.9. The molecular weight excluding hydrogens is 849 g/mol. The second-order valence-corrected chi connectivity index (χ2v) is 22.6. The van der Waals surface area contributed by atoms with Crippen molar-refractivity contribution >= 4 is 11.9 Å². The molecule has 0 amide bonds. The molecule has 4 aromatic rings. The van der Waals surface area contributed by atoms with Gasteiger partial charge in [0.05, 0.1) is 13.2 Å². The van der Waals surface area contributed by atoms with Gasteiger partial charge in [0.1, 0.15) is 36.2 Å². The molecule has 0 atom stereocenters. The molecular formula is C60H80O8. The van der Waals surface area contributed by atoms with Crippen LogP contribution in [-0.4, -0.2) is 51.6 Å². The fourth-order valence-electron chi connectivity index (χ4n) is 8.31. The van der Waals surface area contributed by atoms with Gasteiger partial charge >= 0.3 is 11.9 Å². The van der Waals surface area contributed by atoms with Crippen LogP contribution in [0.1, 0.15) is 178 Å². The first-order valence-electron chi connectivity index (χ1n) is 24.4. The molecule has 0 aromatic heterocycles. The highest BCUT2D eigenvalue weighted by atomic mass is 16.5. The number of rotatable bonds is 14. The Morgan fingerprint density at radius 3 is 0.824 bits per heavy atom. The largest absolute Gasteiger partial charge is 0.491 e. The summed E-state index contributed by atoms with van der Waals surface area (Å²) >= 11 is 0. The van der Waals surface area contributed by atoms with Gasteiger partial charge in [-0.25, -0.2) is 9.59 Å². The van der Waals surface area contributed by atoms with E-state index in [1.54, 1.807) is 13.8 Å². The van der Waals surface area contributed by atoms with Crippen molar-refractivity contribution in [3.63, 3.8) is 0 Å². The van der Waals surface area contributed by atoms with E-state index in [9.17, 15) is 9.59 Å². The lowest BCUT2D eigenvalue weighted by Crippen LogP contribution is -2.19. The highest BCUT2D eigenvalue weighted by Crippen LogP contribution is 2.44. The minimum Gasteiger partial charge on any atom is -0.491 e. The van der Waals surface area contributed by atoms with E-state index in [2.05, 4.69) is 145 Å². The molecule has 0 saturated heterocycles. The summed E-state index contributed by atoms with van der Waals surface area (Å²) < 4.78 is 38.5. The Morgan fingerprint density at radius 1 is 0.412 bits per heavy atom.